The third-order valence-corrected chi connectivity index (χ3v) is 4.75. The van der Waals surface area contributed by atoms with E-state index in [0.29, 0.717) is 0 Å². The Bertz CT molecular complexity index is 526. The van der Waals surface area contributed by atoms with Crippen LogP contribution in [0.1, 0.15) is 34.7 Å². The van der Waals surface area contributed by atoms with E-state index in [1.54, 1.807) is 0 Å². The zero-order valence-electron chi connectivity index (χ0n) is 13.4. The number of thiophene rings is 1. The molecule has 0 atom stereocenters. The predicted molar refractivity (Wildman–Crippen MR) is 92.7 cm³/mol. The van der Waals surface area contributed by atoms with Gasteiger partial charge in [-0.05, 0) is 43.3 Å². The van der Waals surface area contributed by atoms with Crippen molar-refractivity contribution >= 4 is 11.3 Å². The first-order chi connectivity index (χ1) is 10.2. The maximum atomic E-state index is 3.51. The van der Waals surface area contributed by atoms with Crippen molar-refractivity contribution < 1.29 is 0 Å². The van der Waals surface area contributed by atoms with E-state index in [0.717, 1.165) is 32.7 Å². The van der Waals surface area contributed by atoms with E-state index in [1.807, 2.05) is 11.3 Å². The zero-order chi connectivity index (χ0) is 15.1. The average Bonchev–Trinajstić information content (AvgIpc) is 2.92. The number of hydrogen-bond acceptors (Lipinski definition) is 3. The SMILES string of the molecule is CCN(CC)Cc1ccc(CNCc2ccc(C)s2)cc1. The number of nitrogens with one attached hydrogen (secondary N) is 1. The Balaban J connectivity index is 1.79. The van der Waals surface area contributed by atoms with E-state index < -0.39 is 0 Å². The number of rotatable bonds is 8. The van der Waals surface area contributed by atoms with Crippen LogP contribution < -0.4 is 5.32 Å². The van der Waals surface area contributed by atoms with Crippen LogP contribution in [-0.2, 0) is 19.6 Å². The van der Waals surface area contributed by atoms with Crippen molar-refractivity contribution in [3.05, 3.63) is 57.3 Å². The molecular formula is C18H26N2S. The lowest BCUT2D eigenvalue weighted by Crippen LogP contribution is -2.22. The fraction of sp³-hybridized carbons (Fsp3) is 0.444. The van der Waals surface area contributed by atoms with Crippen LogP contribution in [0.25, 0.3) is 0 Å². The van der Waals surface area contributed by atoms with Gasteiger partial charge < -0.3 is 5.32 Å². The van der Waals surface area contributed by atoms with Crippen molar-refractivity contribution in [3.63, 3.8) is 0 Å². The van der Waals surface area contributed by atoms with Crippen LogP contribution in [0.4, 0.5) is 0 Å². The monoisotopic (exact) mass is 302 g/mol. The molecule has 1 aromatic carbocycles. The summed E-state index contributed by atoms with van der Waals surface area (Å²) in [5.41, 5.74) is 2.75. The molecule has 3 heteroatoms. The molecule has 2 nitrogen and oxygen atoms in total. The first-order valence-corrected chi connectivity index (χ1v) is 8.59. The second kappa shape index (κ2) is 8.32. The highest BCUT2D eigenvalue weighted by atomic mass is 32.1. The standard InChI is InChI=1S/C18H26N2S/c1-4-20(5-2)14-17-9-7-16(8-10-17)12-19-13-18-11-6-15(3)21-18/h6-11,19H,4-5,12-14H2,1-3H3. The maximum absolute atomic E-state index is 3.51. The van der Waals surface area contributed by atoms with Gasteiger partial charge in [0.25, 0.3) is 0 Å². The van der Waals surface area contributed by atoms with Gasteiger partial charge >= 0.3 is 0 Å². The van der Waals surface area contributed by atoms with E-state index >= 15 is 0 Å². The molecule has 0 saturated heterocycles. The summed E-state index contributed by atoms with van der Waals surface area (Å²) < 4.78 is 0. The second-order valence-electron chi connectivity index (χ2n) is 5.39. The van der Waals surface area contributed by atoms with E-state index in [-0.39, 0.29) is 0 Å². The summed E-state index contributed by atoms with van der Waals surface area (Å²) >= 11 is 1.87. The van der Waals surface area contributed by atoms with Gasteiger partial charge in [-0.3, -0.25) is 4.90 Å². The molecule has 0 aliphatic rings. The second-order valence-corrected chi connectivity index (χ2v) is 6.77. The van der Waals surface area contributed by atoms with Crippen LogP contribution in [0, 0.1) is 6.92 Å². The van der Waals surface area contributed by atoms with E-state index in [2.05, 4.69) is 67.4 Å². The molecule has 0 spiro atoms. The Hall–Kier alpha value is -1.16. The predicted octanol–water partition coefficient (Wildman–Crippen LogP) is 4.19. The first kappa shape index (κ1) is 16.2. The van der Waals surface area contributed by atoms with Gasteiger partial charge in [0.05, 0.1) is 0 Å². The van der Waals surface area contributed by atoms with Crippen LogP contribution in [0.3, 0.4) is 0 Å². The van der Waals surface area contributed by atoms with Crippen molar-refractivity contribution in [3.8, 4) is 0 Å². The molecule has 0 fully saturated rings. The Morgan fingerprint density at radius 1 is 0.905 bits per heavy atom. The Morgan fingerprint density at radius 3 is 2.14 bits per heavy atom. The zero-order valence-corrected chi connectivity index (χ0v) is 14.2. The summed E-state index contributed by atoms with van der Waals surface area (Å²) in [6.45, 7) is 11.8. The summed E-state index contributed by atoms with van der Waals surface area (Å²) in [5, 5.41) is 3.51. The minimum atomic E-state index is 0.933. The van der Waals surface area contributed by atoms with Crippen molar-refractivity contribution in [1.29, 1.82) is 0 Å². The topological polar surface area (TPSA) is 15.3 Å². The van der Waals surface area contributed by atoms with Crippen LogP contribution in [0.5, 0.6) is 0 Å². The number of benzene rings is 1. The van der Waals surface area contributed by atoms with Gasteiger partial charge in [0, 0.05) is 29.4 Å². The molecule has 2 rings (SSSR count). The van der Waals surface area contributed by atoms with Crippen molar-refractivity contribution in [1.82, 2.24) is 10.2 Å². The molecule has 1 aromatic heterocycles. The van der Waals surface area contributed by atoms with Crippen LogP contribution >= 0.6 is 11.3 Å². The van der Waals surface area contributed by atoms with E-state index in [1.165, 1.54) is 20.9 Å². The fourth-order valence-electron chi connectivity index (χ4n) is 2.38. The average molecular weight is 302 g/mol. The summed E-state index contributed by atoms with van der Waals surface area (Å²) in [6, 6.07) is 13.4. The largest absolute Gasteiger partial charge is 0.308 e. The highest BCUT2D eigenvalue weighted by Crippen LogP contribution is 2.14. The highest BCUT2D eigenvalue weighted by molar-refractivity contribution is 7.11. The molecule has 114 valence electrons. The summed E-state index contributed by atoms with van der Waals surface area (Å²) in [7, 11) is 0. The smallest absolute Gasteiger partial charge is 0.0303 e. The normalized spacial score (nSPS) is 11.2. The summed E-state index contributed by atoms with van der Waals surface area (Å²) in [4.78, 5) is 5.23. The molecular weight excluding hydrogens is 276 g/mol. The lowest BCUT2D eigenvalue weighted by atomic mass is 10.1. The molecule has 0 saturated carbocycles. The summed E-state index contributed by atoms with van der Waals surface area (Å²) in [6.07, 6.45) is 0. The molecule has 0 amide bonds. The van der Waals surface area contributed by atoms with E-state index in [9.17, 15) is 0 Å². The minimum Gasteiger partial charge on any atom is -0.308 e. The quantitative estimate of drug-likeness (QED) is 0.786. The molecule has 1 N–H and O–H groups in total. The van der Waals surface area contributed by atoms with Crippen LogP contribution in [0.15, 0.2) is 36.4 Å². The Kier molecular flexibility index (Phi) is 6.43. The molecule has 21 heavy (non-hydrogen) atoms. The Morgan fingerprint density at radius 2 is 1.57 bits per heavy atom. The van der Waals surface area contributed by atoms with Crippen molar-refractivity contribution in [2.45, 2.75) is 40.4 Å². The van der Waals surface area contributed by atoms with E-state index in [4.69, 9.17) is 0 Å². The van der Waals surface area contributed by atoms with Gasteiger partial charge in [0.1, 0.15) is 0 Å². The third kappa shape index (κ3) is 5.27. The molecule has 0 aliphatic heterocycles. The van der Waals surface area contributed by atoms with Gasteiger partial charge in [0.2, 0.25) is 0 Å². The number of hydrogen-bond donors (Lipinski definition) is 1. The molecule has 2 aromatic rings. The molecule has 1 heterocycles. The number of aryl methyl sites for hydroxylation is 1. The van der Waals surface area contributed by atoms with Gasteiger partial charge in [-0.2, -0.15) is 0 Å². The highest BCUT2D eigenvalue weighted by Gasteiger charge is 2.01. The van der Waals surface area contributed by atoms with Gasteiger partial charge in [-0.15, -0.1) is 11.3 Å². The van der Waals surface area contributed by atoms with Gasteiger partial charge in [-0.1, -0.05) is 38.1 Å². The first-order valence-electron chi connectivity index (χ1n) is 7.77. The van der Waals surface area contributed by atoms with Gasteiger partial charge in [0.15, 0.2) is 0 Å². The van der Waals surface area contributed by atoms with Crippen LogP contribution in [0.2, 0.25) is 0 Å². The molecule has 0 unspecified atom stereocenters. The van der Waals surface area contributed by atoms with Crippen LogP contribution in [-0.4, -0.2) is 18.0 Å². The molecule has 0 bridgehead atoms. The number of nitrogens with zero attached hydrogens (tertiary/aromatic N) is 1. The third-order valence-electron chi connectivity index (χ3n) is 3.75. The Labute approximate surface area is 132 Å². The molecule has 0 radical (unpaired) electrons. The van der Waals surface area contributed by atoms with Crippen molar-refractivity contribution in [2.75, 3.05) is 13.1 Å². The fourth-order valence-corrected chi connectivity index (χ4v) is 3.24. The lowest BCUT2D eigenvalue weighted by molar-refractivity contribution is 0.296. The molecule has 0 aliphatic carbocycles. The summed E-state index contributed by atoms with van der Waals surface area (Å²) in [5.74, 6) is 0. The maximum Gasteiger partial charge on any atom is 0.0303 e. The van der Waals surface area contributed by atoms with Gasteiger partial charge in [-0.25, -0.2) is 0 Å². The minimum absolute atomic E-state index is 0.933. The lowest BCUT2D eigenvalue weighted by Gasteiger charge is -2.18. The van der Waals surface area contributed by atoms with Crippen molar-refractivity contribution in [2.24, 2.45) is 0 Å².